The summed E-state index contributed by atoms with van der Waals surface area (Å²) < 4.78 is 11.1. The molecule has 0 aromatic heterocycles. The molecular formula is C31H48N4O6. The highest BCUT2D eigenvalue weighted by molar-refractivity contribution is 5.79. The smallest absolute Gasteiger partial charge is 0.308 e. The maximum atomic E-state index is 13.7. The molecule has 10 nitrogen and oxygen atoms in total. The number of fused-ring (bicyclic) bond motifs is 1. The first kappa shape index (κ1) is 31.1. The molecule has 2 amide bonds. The molecule has 2 fully saturated rings. The molecular weight excluding hydrogens is 524 g/mol. The third kappa shape index (κ3) is 8.13. The lowest BCUT2D eigenvalue weighted by Gasteiger charge is -2.30. The Morgan fingerprint density at radius 2 is 1.80 bits per heavy atom. The first-order valence-electron chi connectivity index (χ1n) is 15.3. The number of hydrogen-bond acceptors (Lipinski definition) is 7. The van der Waals surface area contributed by atoms with Gasteiger partial charge in [-0.05, 0) is 76.9 Å². The number of hydrogen-bond donors (Lipinski definition) is 1. The molecule has 3 heterocycles. The molecule has 1 aromatic rings. The van der Waals surface area contributed by atoms with Gasteiger partial charge in [0.05, 0.1) is 12.5 Å². The van der Waals surface area contributed by atoms with Gasteiger partial charge >= 0.3 is 5.97 Å². The van der Waals surface area contributed by atoms with Crippen molar-refractivity contribution in [3.05, 3.63) is 23.8 Å². The maximum Gasteiger partial charge on any atom is 0.308 e. The lowest BCUT2D eigenvalue weighted by atomic mass is 9.83. The topological polar surface area (TPSA) is 103 Å². The summed E-state index contributed by atoms with van der Waals surface area (Å²) >= 11 is 0. The molecule has 228 valence electrons. The van der Waals surface area contributed by atoms with E-state index < -0.39 is 11.9 Å². The molecule has 0 aliphatic carbocycles. The highest BCUT2D eigenvalue weighted by Gasteiger charge is 2.47. The van der Waals surface area contributed by atoms with E-state index in [2.05, 4.69) is 30.8 Å². The summed E-state index contributed by atoms with van der Waals surface area (Å²) in [7, 11) is 4.12. The van der Waals surface area contributed by atoms with Crippen LogP contribution in [0.4, 0.5) is 0 Å². The Hall–Kier alpha value is -2.85. The van der Waals surface area contributed by atoms with Gasteiger partial charge in [-0.1, -0.05) is 19.4 Å². The average molecular weight is 573 g/mol. The third-order valence-corrected chi connectivity index (χ3v) is 8.71. The van der Waals surface area contributed by atoms with Gasteiger partial charge in [0, 0.05) is 51.1 Å². The number of carboxylic acids is 1. The van der Waals surface area contributed by atoms with Crippen LogP contribution in [0.15, 0.2) is 18.2 Å². The van der Waals surface area contributed by atoms with Crippen molar-refractivity contribution in [3.8, 4) is 11.5 Å². The number of carbonyl (C=O) groups excluding carboxylic acids is 2. The van der Waals surface area contributed by atoms with Crippen LogP contribution in [0, 0.1) is 5.92 Å². The molecule has 0 radical (unpaired) electrons. The molecule has 1 N–H and O–H groups in total. The number of carboxylic acid groups (broad SMARTS) is 1. The van der Waals surface area contributed by atoms with E-state index in [1.165, 1.54) is 0 Å². The molecule has 10 heteroatoms. The number of aliphatic carboxylic acids is 1. The normalized spacial score (nSPS) is 22.2. The molecule has 1 aromatic carbocycles. The van der Waals surface area contributed by atoms with Crippen LogP contribution < -0.4 is 9.47 Å². The zero-order valence-electron chi connectivity index (χ0n) is 25.1. The summed E-state index contributed by atoms with van der Waals surface area (Å²) in [4.78, 5) is 46.8. The van der Waals surface area contributed by atoms with Gasteiger partial charge in [0.25, 0.3) is 0 Å². The van der Waals surface area contributed by atoms with Crippen molar-refractivity contribution in [3.63, 3.8) is 0 Å². The van der Waals surface area contributed by atoms with Gasteiger partial charge in [0.15, 0.2) is 11.5 Å². The van der Waals surface area contributed by atoms with Crippen LogP contribution in [0.2, 0.25) is 0 Å². The highest BCUT2D eigenvalue weighted by Crippen LogP contribution is 2.43. The van der Waals surface area contributed by atoms with Crippen LogP contribution in [0.5, 0.6) is 11.5 Å². The van der Waals surface area contributed by atoms with Crippen LogP contribution in [-0.2, 0) is 14.4 Å². The number of rotatable bonds is 16. The molecule has 0 saturated carbocycles. The Kier molecular flexibility index (Phi) is 11.3. The number of unbranched alkanes of at least 4 members (excludes halogenated alkanes) is 2. The van der Waals surface area contributed by atoms with Crippen molar-refractivity contribution >= 4 is 17.8 Å². The standard InChI is InChI=1S/C31H48N4O6/c1-4-5-15-34(16-7-6-14-32(2)3)29(37)21-35-20-24(23-12-13-26-27(19-23)41-22-40-26)30(31(38)39)25(35)10-8-17-33-18-9-11-28(33)36/h12-13,19,24-25,30H,4-11,14-18,20-22H2,1-3H3,(H,38,39)/t24-,25+,30-/m1/s1. The summed E-state index contributed by atoms with van der Waals surface area (Å²) in [6, 6.07) is 5.37. The molecule has 41 heavy (non-hydrogen) atoms. The molecule has 3 atom stereocenters. The van der Waals surface area contributed by atoms with E-state index in [4.69, 9.17) is 9.47 Å². The van der Waals surface area contributed by atoms with E-state index >= 15 is 0 Å². The van der Waals surface area contributed by atoms with E-state index in [1.54, 1.807) is 0 Å². The second-order valence-corrected chi connectivity index (χ2v) is 12.0. The van der Waals surface area contributed by atoms with Gasteiger partial charge in [0.1, 0.15) is 0 Å². The minimum absolute atomic E-state index is 0.0681. The van der Waals surface area contributed by atoms with E-state index in [9.17, 15) is 19.5 Å². The van der Waals surface area contributed by atoms with Crippen LogP contribution in [0.1, 0.15) is 69.8 Å². The zero-order chi connectivity index (χ0) is 29.4. The van der Waals surface area contributed by atoms with E-state index in [-0.39, 0.29) is 37.1 Å². The molecule has 0 bridgehead atoms. The quantitative estimate of drug-likeness (QED) is 0.301. The monoisotopic (exact) mass is 572 g/mol. The van der Waals surface area contributed by atoms with Gasteiger partial charge in [-0.3, -0.25) is 19.3 Å². The molecule has 3 aliphatic heterocycles. The minimum atomic E-state index is -0.851. The highest BCUT2D eigenvalue weighted by atomic mass is 16.7. The third-order valence-electron chi connectivity index (χ3n) is 8.71. The molecule has 2 saturated heterocycles. The number of ether oxygens (including phenoxy) is 2. The fraction of sp³-hybridized carbons (Fsp3) is 0.710. The van der Waals surface area contributed by atoms with Crippen LogP contribution in [-0.4, -0.2) is 115 Å². The second-order valence-electron chi connectivity index (χ2n) is 12.0. The summed E-state index contributed by atoms with van der Waals surface area (Å²) in [5.74, 6) is -0.252. The van der Waals surface area contributed by atoms with Crippen molar-refractivity contribution in [1.29, 1.82) is 0 Å². The van der Waals surface area contributed by atoms with Crippen LogP contribution >= 0.6 is 0 Å². The summed E-state index contributed by atoms with van der Waals surface area (Å²) in [6.07, 6.45) is 6.73. The Labute approximate surface area is 244 Å². The SMILES string of the molecule is CCCCN(CCCCN(C)C)C(=O)CN1C[C@H](c2ccc3c(c2)OCO3)[C@@H](C(=O)O)[C@@H]1CCCN1CCCC1=O. The largest absolute Gasteiger partial charge is 0.481 e. The fourth-order valence-electron chi connectivity index (χ4n) is 6.48. The minimum Gasteiger partial charge on any atom is -0.481 e. The predicted octanol–water partition coefficient (Wildman–Crippen LogP) is 3.26. The second kappa shape index (κ2) is 14.9. The average Bonchev–Trinajstić information content (AvgIpc) is 3.66. The van der Waals surface area contributed by atoms with Crippen molar-refractivity contribution < 1.29 is 29.0 Å². The molecule has 3 aliphatic rings. The van der Waals surface area contributed by atoms with Gasteiger partial charge in [-0.25, -0.2) is 0 Å². The van der Waals surface area contributed by atoms with Gasteiger partial charge in [-0.2, -0.15) is 0 Å². The Morgan fingerprint density at radius 3 is 2.51 bits per heavy atom. The van der Waals surface area contributed by atoms with Crippen LogP contribution in [0.25, 0.3) is 0 Å². The lowest BCUT2D eigenvalue weighted by molar-refractivity contribution is -0.144. The summed E-state index contributed by atoms with van der Waals surface area (Å²) in [5, 5.41) is 10.5. The van der Waals surface area contributed by atoms with Crippen molar-refractivity contribution in [2.75, 3.05) is 66.7 Å². The zero-order valence-corrected chi connectivity index (χ0v) is 25.1. The van der Waals surface area contributed by atoms with Crippen molar-refractivity contribution in [1.82, 2.24) is 19.6 Å². The van der Waals surface area contributed by atoms with Gasteiger partial charge in [0.2, 0.25) is 18.6 Å². The van der Waals surface area contributed by atoms with E-state index in [1.807, 2.05) is 28.0 Å². The molecule has 4 rings (SSSR count). The first-order chi connectivity index (χ1) is 19.8. The Balaban J connectivity index is 1.51. The van der Waals surface area contributed by atoms with Gasteiger partial charge in [-0.15, -0.1) is 0 Å². The Morgan fingerprint density at radius 1 is 1.05 bits per heavy atom. The van der Waals surface area contributed by atoms with Gasteiger partial charge < -0.3 is 29.3 Å². The first-order valence-corrected chi connectivity index (χ1v) is 15.3. The lowest BCUT2D eigenvalue weighted by Crippen LogP contribution is -2.45. The summed E-state index contributed by atoms with van der Waals surface area (Å²) in [6.45, 7) is 6.81. The van der Waals surface area contributed by atoms with Crippen molar-refractivity contribution in [2.24, 2.45) is 5.92 Å². The number of nitrogens with zero attached hydrogens (tertiary/aromatic N) is 4. The van der Waals surface area contributed by atoms with E-state index in [0.29, 0.717) is 43.9 Å². The molecule has 0 unspecified atom stereocenters. The fourth-order valence-corrected chi connectivity index (χ4v) is 6.48. The Bertz CT molecular complexity index is 1050. The maximum absolute atomic E-state index is 13.7. The number of benzene rings is 1. The summed E-state index contributed by atoms with van der Waals surface area (Å²) in [5.41, 5.74) is 0.892. The number of likely N-dealkylation sites (tertiary alicyclic amines) is 2. The number of amides is 2. The number of carbonyl (C=O) groups is 3. The van der Waals surface area contributed by atoms with Crippen LogP contribution in [0.3, 0.4) is 0 Å². The molecule has 0 spiro atoms. The predicted molar refractivity (Wildman–Crippen MR) is 156 cm³/mol. The van der Waals surface area contributed by atoms with E-state index in [0.717, 1.165) is 63.8 Å². The van der Waals surface area contributed by atoms with Crippen molar-refractivity contribution in [2.45, 2.75) is 70.3 Å².